The van der Waals surface area contributed by atoms with Crippen LogP contribution in [0, 0.1) is 5.41 Å². The Bertz CT molecular complexity index is 850. The monoisotopic (exact) mass is 396 g/mol. The quantitative estimate of drug-likeness (QED) is 0.755. The minimum absolute atomic E-state index is 0.0837. The number of rotatable bonds is 6. The van der Waals surface area contributed by atoms with E-state index in [9.17, 15) is 9.59 Å². The zero-order chi connectivity index (χ0) is 20.9. The minimum Gasteiger partial charge on any atom is -0.491 e. The Morgan fingerprint density at radius 1 is 1.07 bits per heavy atom. The minimum atomic E-state index is -0.493. The highest BCUT2D eigenvalue weighted by atomic mass is 16.5. The summed E-state index contributed by atoms with van der Waals surface area (Å²) in [5.41, 5.74) is 1.28. The van der Waals surface area contributed by atoms with Crippen molar-refractivity contribution in [2.75, 3.05) is 23.8 Å². The van der Waals surface area contributed by atoms with Gasteiger partial charge in [-0.05, 0) is 55.3 Å². The van der Waals surface area contributed by atoms with Crippen molar-refractivity contribution in [3.8, 4) is 5.75 Å². The van der Waals surface area contributed by atoms with Gasteiger partial charge in [0.2, 0.25) is 5.91 Å². The Hall–Kier alpha value is -2.86. The highest BCUT2D eigenvalue weighted by Crippen LogP contribution is 2.21. The topological polar surface area (TPSA) is 76.7 Å². The van der Waals surface area contributed by atoms with Gasteiger partial charge in [0.05, 0.1) is 6.10 Å². The van der Waals surface area contributed by atoms with E-state index < -0.39 is 5.41 Å². The van der Waals surface area contributed by atoms with Crippen LogP contribution >= 0.6 is 0 Å². The molecule has 1 aliphatic rings. The summed E-state index contributed by atoms with van der Waals surface area (Å²) in [4.78, 5) is 24.7. The third-order valence-electron chi connectivity index (χ3n) is 4.64. The van der Waals surface area contributed by atoms with Crippen LogP contribution in [-0.2, 0) is 9.53 Å². The molecule has 154 valence electrons. The molecule has 29 heavy (non-hydrogen) atoms. The first kappa shape index (κ1) is 20.9. The van der Waals surface area contributed by atoms with Gasteiger partial charge in [-0.25, -0.2) is 0 Å². The third kappa shape index (κ3) is 6.06. The maximum absolute atomic E-state index is 12.5. The zero-order valence-electron chi connectivity index (χ0n) is 17.2. The van der Waals surface area contributed by atoms with Crippen LogP contribution in [0.25, 0.3) is 0 Å². The molecule has 2 aromatic rings. The average molecular weight is 396 g/mol. The number of amides is 2. The van der Waals surface area contributed by atoms with Gasteiger partial charge in [0.25, 0.3) is 5.91 Å². The average Bonchev–Trinajstić information content (AvgIpc) is 3.20. The van der Waals surface area contributed by atoms with E-state index in [1.54, 1.807) is 48.5 Å². The zero-order valence-corrected chi connectivity index (χ0v) is 17.2. The maximum atomic E-state index is 12.5. The van der Waals surface area contributed by atoms with Gasteiger partial charge >= 0.3 is 0 Å². The number of nitrogens with one attached hydrogen (secondary N) is 2. The largest absolute Gasteiger partial charge is 0.491 e. The van der Waals surface area contributed by atoms with E-state index in [1.807, 2.05) is 20.8 Å². The standard InChI is InChI=1S/C23H28N2O4/c1-23(2,3)22(27)25-18-7-4-6-17(14-18)24-21(26)16-9-11-19(12-10-16)29-15-20-8-5-13-28-20/h4,6-7,9-12,14,20H,5,8,13,15H2,1-3H3,(H,24,26)(H,25,27)/t20-/m1/s1. The molecule has 6 nitrogen and oxygen atoms in total. The number of carbonyl (C=O) groups excluding carboxylic acids is 2. The van der Waals surface area contributed by atoms with E-state index in [4.69, 9.17) is 9.47 Å². The number of hydrogen-bond acceptors (Lipinski definition) is 4. The third-order valence-corrected chi connectivity index (χ3v) is 4.64. The number of anilines is 2. The molecule has 1 atom stereocenters. The number of carbonyl (C=O) groups is 2. The second-order valence-corrected chi connectivity index (χ2v) is 8.21. The summed E-state index contributed by atoms with van der Waals surface area (Å²) >= 11 is 0. The Morgan fingerprint density at radius 2 is 1.76 bits per heavy atom. The van der Waals surface area contributed by atoms with Crippen molar-refractivity contribution in [3.05, 3.63) is 54.1 Å². The molecule has 1 fully saturated rings. The normalized spacial score (nSPS) is 16.3. The molecule has 0 radical (unpaired) electrons. The lowest BCUT2D eigenvalue weighted by molar-refractivity contribution is -0.123. The first-order valence-electron chi connectivity index (χ1n) is 9.88. The molecule has 1 heterocycles. The van der Waals surface area contributed by atoms with Gasteiger partial charge in [0.15, 0.2) is 0 Å². The van der Waals surface area contributed by atoms with E-state index in [-0.39, 0.29) is 17.9 Å². The molecule has 1 aliphatic heterocycles. The summed E-state index contributed by atoms with van der Waals surface area (Å²) in [6.07, 6.45) is 2.26. The van der Waals surface area contributed by atoms with E-state index in [1.165, 1.54) is 0 Å². The molecule has 2 N–H and O–H groups in total. The lowest BCUT2D eigenvalue weighted by Gasteiger charge is -2.18. The summed E-state index contributed by atoms with van der Waals surface area (Å²) in [7, 11) is 0. The molecule has 2 amide bonds. The first-order chi connectivity index (χ1) is 13.8. The molecule has 0 unspecified atom stereocenters. The van der Waals surface area contributed by atoms with Crippen molar-refractivity contribution in [3.63, 3.8) is 0 Å². The molecule has 1 saturated heterocycles. The van der Waals surface area contributed by atoms with Crippen molar-refractivity contribution < 1.29 is 19.1 Å². The van der Waals surface area contributed by atoms with Crippen LogP contribution in [0.1, 0.15) is 44.0 Å². The number of ether oxygens (including phenoxy) is 2. The van der Waals surface area contributed by atoms with Gasteiger partial charge in [0.1, 0.15) is 12.4 Å². The fourth-order valence-electron chi connectivity index (χ4n) is 2.86. The van der Waals surface area contributed by atoms with Crippen LogP contribution < -0.4 is 15.4 Å². The first-order valence-corrected chi connectivity index (χ1v) is 9.88. The highest BCUT2D eigenvalue weighted by Gasteiger charge is 2.21. The SMILES string of the molecule is CC(C)(C)C(=O)Nc1cccc(NC(=O)c2ccc(OC[C@H]3CCCO3)cc2)c1. The van der Waals surface area contributed by atoms with Crippen LogP contribution in [0.4, 0.5) is 11.4 Å². The molecule has 6 heteroatoms. The van der Waals surface area contributed by atoms with Gasteiger partial charge in [-0.3, -0.25) is 9.59 Å². The second-order valence-electron chi connectivity index (χ2n) is 8.21. The smallest absolute Gasteiger partial charge is 0.255 e. The Kier molecular flexibility index (Phi) is 6.54. The Morgan fingerprint density at radius 3 is 2.38 bits per heavy atom. The lowest BCUT2D eigenvalue weighted by atomic mass is 9.95. The summed E-state index contributed by atoms with van der Waals surface area (Å²) in [6, 6.07) is 14.1. The molecule has 0 aliphatic carbocycles. The van der Waals surface area contributed by atoms with Crippen LogP contribution in [0.5, 0.6) is 5.75 Å². The molecule has 0 bridgehead atoms. The molecular formula is C23H28N2O4. The van der Waals surface area contributed by atoms with Crippen molar-refractivity contribution in [2.24, 2.45) is 5.41 Å². The van der Waals surface area contributed by atoms with E-state index in [2.05, 4.69) is 10.6 Å². The van der Waals surface area contributed by atoms with Gasteiger partial charge in [-0.2, -0.15) is 0 Å². The van der Waals surface area contributed by atoms with Crippen molar-refractivity contribution in [1.82, 2.24) is 0 Å². The van der Waals surface area contributed by atoms with Gasteiger partial charge in [-0.15, -0.1) is 0 Å². The van der Waals surface area contributed by atoms with Crippen LogP contribution in [0.15, 0.2) is 48.5 Å². The fourth-order valence-corrected chi connectivity index (χ4v) is 2.86. The van der Waals surface area contributed by atoms with E-state index >= 15 is 0 Å². The number of hydrogen-bond donors (Lipinski definition) is 2. The fraction of sp³-hybridized carbons (Fsp3) is 0.391. The van der Waals surface area contributed by atoms with Crippen LogP contribution in [0.3, 0.4) is 0 Å². The molecule has 0 aromatic heterocycles. The summed E-state index contributed by atoms with van der Waals surface area (Å²) < 4.78 is 11.3. The van der Waals surface area contributed by atoms with Crippen molar-refractivity contribution >= 4 is 23.2 Å². The maximum Gasteiger partial charge on any atom is 0.255 e. The summed E-state index contributed by atoms with van der Waals surface area (Å²) in [5, 5.41) is 5.72. The van der Waals surface area contributed by atoms with Crippen molar-refractivity contribution in [2.45, 2.75) is 39.7 Å². The second kappa shape index (κ2) is 9.09. The van der Waals surface area contributed by atoms with Gasteiger partial charge < -0.3 is 20.1 Å². The van der Waals surface area contributed by atoms with Crippen LogP contribution in [0.2, 0.25) is 0 Å². The molecule has 0 saturated carbocycles. The molecular weight excluding hydrogens is 368 g/mol. The van der Waals surface area contributed by atoms with E-state index in [0.29, 0.717) is 29.3 Å². The molecule has 2 aromatic carbocycles. The molecule has 3 rings (SSSR count). The van der Waals surface area contributed by atoms with Gasteiger partial charge in [0, 0.05) is 29.0 Å². The predicted molar refractivity (Wildman–Crippen MR) is 113 cm³/mol. The number of benzene rings is 2. The van der Waals surface area contributed by atoms with Crippen LogP contribution in [-0.4, -0.2) is 31.1 Å². The van der Waals surface area contributed by atoms with E-state index in [0.717, 1.165) is 19.4 Å². The summed E-state index contributed by atoms with van der Waals surface area (Å²) in [6.45, 7) is 6.87. The predicted octanol–water partition coefficient (Wildman–Crippen LogP) is 4.48. The molecule has 0 spiro atoms. The lowest BCUT2D eigenvalue weighted by Crippen LogP contribution is -2.27. The van der Waals surface area contributed by atoms with Crippen molar-refractivity contribution in [1.29, 1.82) is 0 Å². The summed E-state index contributed by atoms with van der Waals surface area (Å²) in [5.74, 6) is 0.401. The Labute approximate surface area is 171 Å². The van der Waals surface area contributed by atoms with Gasteiger partial charge in [-0.1, -0.05) is 26.8 Å². The Balaban J connectivity index is 1.57. The highest BCUT2D eigenvalue weighted by molar-refractivity contribution is 6.04.